The van der Waals surface area contributed by atoms with Gasteiger partial charge < -0.3 is 4.74 Å². The van der Waals surface area contributed by atoms with Gasteiger partial charge in [-0.3, -0.25) is 4.99 Å². The van der Waals surface area contributed by atoms with Crippen LogP contribution in [-0.4, -0.2) is 31.6 Å². The van der Waals surface area contributed by atoms with Crippen LogP contribution in [-0.2, 0) is 4.74 Å². The van der Waals surface area contributed by atoms with Crippen LogP contribution < -0.4 is 0 Å². The van der Waals surface area contributed by atoms with Crippen LogP contribution >= 0.6 is 11.8 Å². The molecule has 0 N–H and O–H groups in total. The number of aliphatic imine (C=N–C) groups is 1. The van der Waals surface area contributed by atoms with E-state index in [-0.39, 0.29) is 0 Å². The molecule has 0 aromatic carbocycles. The molecule has 1 rings (SSSR count). The van der Waals surface area contributed by atoms with E-state index in [1.165, 1.54) is 5.04 Å². The molecule has 2 nitrogen and oxygen atoms in total. The fraction of sp³-hybridized carbons (Fsp3) is 0.875. The fourth-order valence-corrected chi connectivity index (χ4v) is 2.14. The third-order valence-corrected chi connectivity index (χ3v) is 2.93. The van der Waals surface area contributed by atoms with Crippen molar-refractivity contribution in [3.63, 3.8) is 0 Å². The summed E-state index contributed by atoms with van der Waals surface area (Å²) >= 11 is 1.77. The number of ether oxygens (including phenoxy) is 1. The number of hydrogen-bond donors (Lipinski definition) is 0. The lowest BCUT2D eigenvalue weighted by Gasteiger charge is -2.22. The summed E-state index contributed by atoms with van der Waals surface area (Å²) in [7, 11) is 1.88. The SMILES string of the molecule is CN=C(SC)C1CCOCC1. The molecule has 0 unspecified atom stereocenters. The molecule has 0 aliphatic carbocycles. The maximum Gasteiger partial charge on any atom is 0.0702 e. The molecule has 1 saturated heterocycles. The van der Waals surface area contributed by atoms with Crippen molar-refractivity contribution >= 4 is 16.8 Å². The first-order valence-electron chi connectivity index (χ1n) is 3.97. The van der Waals surface area contributed by atoms with Crippen LogP contribution in [0.4, 0.5) is 0 Å². The molecule has 11 heavy (non-hydrogen) atoms. The molecule has 0 amide bonds. The van der Waals surface area contributed by atoms with Gasteiger partial charge in [0.1, 0.15) is 0 Å². The summed E-state index contributed by atoms with van der Waals surface area (Å²) < 4.78 is 5.27. The predicted octanol–water partition coefficient (Wildman–Crippen LogP) is 1.80. The van der Waals surface area contributed by atoms with Crippen LogP contribution in [0.1, 0.15) is 12.8 Å². The van der Waals surface area contributed by atoms with E-state index >= 15 is 0 Å². The lowest BCUT2D eigenvalue weighted by Crippen LogP contribution is -2.21. The van der Waals surface area contributed by atoms with Crippen LogP contribution in [0, 0.1) is 5.92 Å². The van der Waals surface area contributed by atoms with Crippen LogP contribution in [0.15, 0.2) is 4.99 Å². The monoisotopic (exact) mass is 173 g/mol. The van der Waals surface area contributed by atoms with Crippen molar-refractivity contribution in [2.24, 2.45) is 10.9 Å². The van der Waals surface area contributed by atoms with Gasteiger partial charge in [0.15, 0.2) is 0 Å². The van der Waals surface area contributed by atoms with Gasteiger partial charge in [0.25, 0.3) is 0 Å². The van der Waals surface area contributed by atoms with Crippen molar-refractivity contribution < 1.29 is 4.74 Å². The maximum atomic E-state index is 5.27. The molecule has 1 heterocycles. The second-order valence-corrected chi connectivity index (χ2v) is 3.48. The highest BCUT2D eigenvalue weighted by atomic mass is 32.2. The molecule has 1 aliphatic heterocycles. The Hall–Kier alpha value is -0.0200. The molecule has 0 bridgehead atoms. The van der Waals surface area contributed by atoms with Gasteiger partial charge >= 0.3 is 0 Å². The zero-order chi connectivity index (χ0) is 8.10. The molecule has 0 spiro atoms. The van der Waals surface area contributed by atoms with E-state index in [1.54, 1.807) is 11.8 Å². The Bertz CT molecular complexity index is 141. The van der Waals surface area contributed by atoms with Crippen LogP contribution in [0.25, 0.3) is 0 Å². The Labute approximate surface area is 72.4 Å². The van der Waals surface area contributed by atoms with Gasteiger partial charge in [0.2, 0.25) is 0 Å². The Kier molecular flexibility index (Phi) is 3.94. The Morgan fingerprint density at radius 3 is 2.55 bits per heavy atom. The zero-order valence-electron chi connectivity index (χ0n) is 7.17. The van der Waals surface area contributed by atoms with Crippen molar-refractivity contribution in [3.05, 3.63) is 0 Å². The van der Waals surface area contributed by atoms with E-state index in [2.05, 4.69) is 11.2 Å². The first kappa shape index (κ1) is 9.07. The highest BCUT2D eigenvalue weighted by molar-refractivity contribution is 8.13. The topological polar surface area (TPSA) is 21.6 Å². The predicted molar refractivity (Wildman–Crippen MR) is 50.4 cm³/mol. The molecule has 0 saturated carbocycles. The number of rotatable bonds is 1. The molecular weight excluding hydrogens is 158 g/mol. The quantitative estimate of drug-likeness (QED) is 0.445. The van der Waals surface area contributed by atoms with E-state index < -0.39 is 0 Å². The summed E-state index contributed by atoms with van der Waals surface area (Å²) in [5.41, 5.74) is 0. The summed E-state index contributed by atoms with van der Waals surface area (Å²) in [5.74, 6) is 0.670. The Morgan fingerprint density at radius 1 is 1.45 bits per heavy atom. The largest absolute Gasteiger partial charge is 0.381 e. The van der Waals surface area contributed by atoms with Crippen LogP contribution in [0.3, 0.4) is 0 Å². The standard InChI is InChI=1S/C8H15NOS/c1-9-8(11-2)7-3-5-10-6-4-7/h7H,3-6H2,1-2H3. The first-order valence-corrected chi connectivity index (χ1v) is 5.19. The second kappa shape index (κ2) is 4.78. The molecule has 1 aliphatic rings. The first-order chi connectivity index (χ1) is 5.38. The van der Waals surface area contributed by atoms with E-state index in [9.17, 15) is 0 Å². The molecule has 3 heteroatoms. The molecule has 64 valence electrons. The zero-order valence-corrected chi connectivity index (χ0v) is 7.99. The summed E-state index contributed by atoms with van der Waals surface area (Å²) in [6.07, 6.45) is 4.39. The van der Waals surface area contributed by atoms with Crippen molar-refractivity contribution in [1.82, 2.24) is 0 Å². The lowest BCUT2D eigenvalue weighted by molar-refractivity contribution is 0.0834. The van der Waals surface area contributed by atoms with E-state index in [0.717, 1.165) is 26.1 Å². The highest BCUT2D eigenvalue weighted by Gasteiger charge is 2.17. The van der Waals surface area contributed by atoms with Crippen LogP contribution in [0.2, 0.25) is 0 Å². The third kappa shape index (κ3) is 2.49. The van der Waals surface area contributed by atoms with Crippen molar-refractivity contribution in [3.8, 4) is 0 Å². The lowest BCUT2D eigenvalue weighted by atomic mass is 10.0. The minimum Gasteiger partial charge on any atom is -0.381 e. The smallest absolute Gasteiger partial charge is 0.0702 e. The minimum atomic E-state index is 0.670. The summed E-state index contributed by atoms with van der Waals surface area (Å²) in [5, 5.41) is 1.29. The average molecular weight is 173 g/mol. The Morgan fingerprint density at radius 2 is 2.09 bits per heavy atom. The van der Waals surface area contributed by atoms with Crippen molar-refractivity contribution in [2.75, 3.05) is 26.5 Å². The molecular formula is C8H15NOS. The molecule has 0 radical (unpaired) electrons. The maximum absolute atomic E-state index is 5.27. The number of hydrogen-bond acceptors (Lipinski definition) is 3. The van der Waals surface area contributed by atoms with Gasteiger partial charge in [-0.1, -0.05) is 0 Å². The van der Waals surface area contributed by atoms with Gasteiger partial charge in [-0.15, -0.1) is 11.8 Å². The second-order valence-electron chi connectivity index (χ2n) is 2.65. The fourth-order valence-electron chi connectivity index (χ4n) is 1.39. The van der Waals surface area contributed by atoms with Gasteiger partial charge in [0, 0.05) is 26.2 Å². The van der Waals surface area contributed by atoms with E-state index in [4.69, 9.17) is 4.74 Å². The van der Waals surface area contributed by atoms with Gasteiger partial charge in [-0.05, 0) is 19.1 Å². The Balaban J connectivity index is 2.43. The molecule has 0 aromatic rings. The van der Waals surface area contributed by atoms with E-state index in [1.807, 2.05) is 7.05 Å². The van der Waals surface area contributed by atoms with Gasteiger partial charge in [0.05, 0.1) is 5.04 Å². The number of thioether (sulfide) groups is 1. The highest BCUT2D eigenvalue weighted by Crippen LogP contribution is 2.21. The minimum absolute atomic E-state index is 0.670. The van der Waals surface area contributed by atoms with Gasteiger partial charge in [-0.2, -0.15) is 0 Å². The number of nitrogens with zero attached hydrogens (tertiary/aromatic N) is 1. The molecule has 0 aromatic heterocycles. The van der Waals surface area contributed by atoms with E-state index in [0.29, 0.717) is 5.92 Å². The van der Waals surface area contributed by atoms with Crippen molar-refractivity contribution in [1.29, 1.82) is 0 Å². The van der Waals surface area contributed by atoms with Crippen molar-refractivity contribution in [2.45, 2.75) is 12.8 Å². The van der Waals surface area contributed by atoms with Gasteiger partial charge in [-0.25, -0.2) is 0 Å². The third-order valence-electron chi connectivity index (χ3n) is 2.00. The normalized spacial score (nSPS) is 22.2. The van der Waals surface area contributed by atoms with Crippen LogP contribution in [0.5, 0.6) is 0 Å². The summed E-state index contributed by atoms with van der Waals surface area (Å²) in [6.45, 7) is 1.81. The summed E-state index contributed by atoms with van der Waals surface area (Å²) in [6, 6.07) is 0. The summed E-state index contributed by atoms with van der Waals surface area (Å²) in [4.78, 5) is 4.25. The average Bonchev–Trinajstić information content (AvgIpc) is 2.09. The molecule has 0 atom stereocenters. The molecule has 1 fully saturated rings.